The second-order valence-corrected chi connectivity index (χ2v) is 7.89. The van der Waals surface area contributed by atoms with Crippen molar-refractivity contribution in [2.45, 2.75) is 57.5 Å². The number of hydrogen-bond donors (Lipinski definition) is 2. The highest BCUT2D eigenvalue weighted by atomic mass is 16.4. The number of nitrogens with zero attached hydrogens (tertiary/aromatic N) is 3. The van der Waals surface area contributed by atoms with Gasteiger partial charge in [-0.3, -0.25) is 14.6 Å². The number of carboxylic acids is 1. The Labute approximate surface area is 168 Å². The van der Waals surface area contributed by atoms with E-state index in [1.807, 2.05) is 0 Å². The van der Waals surface area contributed by atoms with Crippen LogP contribution in [0.3, 0.4) is 0 Å². The van der Waals surface area contributed by atoms with Gasteiger partial charge in [-0.25, -0.2) is 9.78 Å². The summed E-state index contributed by atoms with van der Waals surface area (Å²) in [4.78, 5) is 50.2. The predicted molar refractivity (Wildman–Crippen MR) is 105 cm³/mol. The van der Waals surface area contributed by atoms with Crippen LogP contribution in [0.4, 0.5) is 0 Å². The Morgan fingerprint density at radius 1 is 1.24 bits per heavy atom. The summed E-state index contributed by atoms with van der Waals surface area (Å²) in [7, 11) is 0. The van der Waals surface area contributed by atoms with E-state index in [0.717, 1.165) is 31.2 Å². The average molecular weight is 396 g/mol. The van der Waals surface area contributed by atoms with Gasteiger partial charge in [-0.2, -0.15) is 0 Å². The fourth-order valence-electron chi connectivity index (χ4n) is 4.75. The number of nitrogens with one attached hydrogen (secondary N) is 1. The molecule has 3 unspecified atom stereocenters. The molecule has 2 aromatic rings. The lowest BCUT2D eigenvalue weighted by molar-refractivity contribution is -0.149. The number of likely N-dealkylation sites (tertiary alicyclic amines) is 1. The van der Waals surface area contributed by atoms with E-state index in [1.54, 1.807) is 31.5 Å². The molecule has 29 heavy (non-hydrogen) atoms. The molecule has 1 aliphatic carbocycles. The first-order chi connectivity index (χ1) is 14.0. The molecule has 0 radical (unpaired) electrons. The summed E-state index contributed by atoms with van der Waals surface area (Å²) in [6, 6.07) is 2.64. The molecule has 4 rings (SSSR count). The zero-order valence-corrected chi connectivity index (χ0v) is 16.3. The van der Waals surface area contributed by atoms with Crippen LogP contribution in [0.1, 0.15) is 43.4 Å². The normalized spacial score (nSPS) is 23.6. The van der Waals surface area contributed by atoms with E-state index in [2.05, 4.69) is 15.0 Å². The van der Waals surface area contributed by atoms with Gasteiger partial charge in [-0.05, 0) is 44.2 Å². The number of aromatic nitrogens is 3. The van der Waals surface area contributed by atoms with Gasteiger partial charge in [0.15, 0.2) is 0 Å². The number of aromatic amines is 1. The Bertz CT molecular complexity index is 988. The van der Waals surface area contributed by atoms with Gasteiger partial charge in [0.1, 0.15) is 11.9 Å². The minimum absolute atomic E-state index is 0.0409. The molecule has 8 nitrogen and oxygen atoms in total. The molecule has 3 heterocycles. The number of aryl methyl sites for hydroxylation is 1. The second kappa shape index (κ2) is 7.77. The number of carbonyl (C=O) groups is 2. The van der Waals surface area contributed by atoms with E-state index in [9.17, 15) is 19.5 Å². The first-order valence-corrected chi connectivity index (χ1v) is 10.00. The molecule has 2 fully saturated rings. The van der Waals surface area contributed by atoms with E-state index in [0.29, 0.717) is 17.9 Å². The summed E-state index contributed by atoms with van der Waals surface area (Å²) in [6.07, 6.45) is 7.45. The molecule has 152 valence electrons. The lowest BCUT2D eigenvalue weighted by atomic mass is 9.84. The van der Waals surface area contributed by atoms with Gasteiger partial charge in [-0.1, -0.05) is 12.8 Å². The van der Waals surface area contributed by atoms with Gasteiger partial charge in [0, 0.05) is 35.3 Å². The molecule has 2 aliphatic rings. The minimum Gasteiger partial charge on any atom is -0.480 e. The van der Waals surface area contributed by atoms with E-state index in [-0.39, 0.29) is 35.4 Å². The molecule has 8 heteroatoms. The molecular weight excluding hydrogens is 372 g/mol. The third-order valence-corrected chi connectivity index (χ3v) is 6.17. The first kappa shape index (κ1) is 19.3. The van der Waals surface area contributed by atoms with Crippen molar-refractivity contribution in [2.24, 2.45) is 5.92 Å². The smallest absolute Gasteiger partial charge is 0.326 e. The van der Waals surface area contributed by atoms with Crippen LogP contribution < -0.4 is 5.56 Å². The fourth-order valence-corrected chi connectivity index (χ4v) is 4.75. The topological polar surface area (TPSA) is 116 Å². The van der Waals surface area contributed by atoms with E-state index >= 15 is 0 Å². The predicted octanol–water partition coefficient (Wildman–Crippen LogP) is 1.93. The van der Waals surface area contributed by atoms with Gasteiger partial charge < -0.3 is 15.0 Å². The zero-order valence-electron chi connectivity index (χ0n) is 16.3. The van der Waals surface area contributed by atoms with Crippen LogP contribution in [0.15, 0.2) is 29.3 Å². The van der Waals surface area contributed by atoms with Crippen molar-refractivity contribution in [1.29, 1.82) is 0 Å². The van der Waals surface area contributed by atoms with Gasteiger partial charge in [0.05, 0.1) is 6.42 Å². The van der Waals surface area contributed by atoms with Gasteiger partial charge in [-0.15, -0.1) is 0 Å². The van der Waals surface area contributed by atoms with Crippen molar-refractivity contribution in [3.05, 3.63) is 46.1 Å². The Balaban J connectivity index is 1.61. The van der Waals surface area contributed by atoms with Crippen molar-refractivity contribution in [3.8, 4) is 11.4 Å². The molecule has 0 bridgehead atoms. The number of aliphatic carboxylic acids is 1. The zero-order chi connectivity index (χ0) is 20.5. The lowest BCUT2D eigenvalue weighted by Gasteiger charge is -2.33. The van der Waals surface area contributed by atoms with Crippen molar-refractivity contribution in [2.75, 3.05) is 0 Å². The van der Waals surface area contributed by atoms with E-state index < -0.39 is 12.0 Å². The number of carbonyl (C=O) groups excluding carboxylic acids is 1. The SMILES string of the molecule is Cc1nc(-c2ccncc2)[nH]c(=O)c1CC(=O)N1C(C(=O)O)CC2CCCCC21. The number of fused-ring (bicyclic) bond motifs is 1. The average Bonchev–Trinajstić information content (AvgIpc) is 3.11. The Hall–Kier alpha value is -3.03. The fraction of sp³-hybridized carbons (Fsp3) is 0.476. The van der Waals surface area contributed by atoms with Crippen LogP contribution in [-0.4, -0.2) is 48.9 Å². The van der Waals surface area contributed by atoms with Crippen LogP contribution >= 0.6 is 0 Å². The molecule has 2 N–H and O–H groups in total. The second-order valence-electron chi connectivity index (χ2n) is 7.89. The third-order valence-electron chi connectivity index (χ3n) is 6.17. The maximum Gasteiger partial charge on any atom is 0.326 e. The maximum absolute atomic E-state index is 13.1. The monoisotopic (exact) mass is 396 g/mol. The number of carboxylic acid groups (broad SMARTS) is 1. The summed E-state index contributed by atoms with van der Waals surface area (Å²) in [5.41, 5.74) is 1.12. The number of pyridine rings is 1. The largest absolute Gasteiger partial charge is 0.480 e. The van der Waals surface area contributed by atoms with Crippen LogP contribution in [0, 0.1) is 12.8 Å². The highest BCUT2D eigenvalue weighted by molar-refractivity contribution is 5.86. The molecule has 1 saturated heterocycles. The molecule has 1 saturated carbocycles. The maximum atomic E-state index is 13.1. The van der Waals surface area contributed by atoms with Gasteiger partial charge >= 0.3 is 5.97 Å². The molecule has 1 amide bonds. The molecular formula is C21H24N4O4. The van der Waals surface area contributed by atoms with E-state index in [4.69, 9.17) is 0 Å². The van der Waals surface area contributed by atoms with Crippen LogP contribution in [0.5, 0.6) is 0 Å². The lowest BCUT2D eigenvalue weighted by Crippen LogP contribution is -2.47. The summed E-state index contributed by atoms with van der Waals surface area (Å²) >= 11 is 0. The molecule has 1 aliphatic heterocycles. The highest BCUT2D eigenvalue weighted by Gasteiger charge is 2.47. The number of amides is 1. The quantitative estimate of drug-likeness (QED) is 0.816. The van der Waals surface area contributed by atoms with Crippen molar-refractivity contribution >= 4 is 11.9 Å². The molecule has 0 spiro atoms. The molecule has 0 aromatic carbocycles. The third kappa shape index (κ3) is 3.66. The van der Waals surface area contributed by atoms with E-state index in [1.165, 1.54) is 4.90 Å². The first-order valence-electron chi connectivity index (χ1n) is 10.00. The van der Waals surface area contributed by atoms with Gasteiger partial charge in [0.2, 0.25) is 5.91 Å². The standard InChI is InChI=1S/C21H24N4O4/c1-12-15(20(27)24-19(23-12)13-6-8-22-9-7-13)11-18(26)25-16-5-3-2-4-14(16)10-17(25)21(28)29/h6-9,14,16-17H,2-5,10-11H2,1H3,(H,28,29)(H,23,24,27). The summed E-state index contributed by atoms with van der Waals surface area (Å²) < 4.78 is 0. The Kier molecular flexibility index (Phi) is 5.17. The Morgan fingerprint density at radius 2 is 1.97 bits per heavy atom. The summed E-state index contributed by atoms with van der Waals surface area (Å²) in [5, 5.41) is 9.64. The van der Waals surface area contributed by atoms with Crippen molar-refractivity contribution < 1.29 is 14.7 Å². The van der Waals surface area contributed by atoms with Crippen molar-refractivity contribution in [3.63, 3.8) is 0 Å². The number of hydrogen-bond acceptors (Lipinski definition) is 5. The van der Waals surface area contributed by atoms with Crippen LogP contribution in [0.25, 0.3) is 11.4 Å². The Morgan fingerprint density at radius 3 is 2.66 bits per heavy atom. The number of rotatable bonds is 4. The summed E-state index contributed by atoms with van der Waals surface area (Å²) in [6.45, 7) is 1.70. The van der Waals surface area contributed by atoms with Crippen molar-refractivity contribution in [1.82, 2.24) is 19.9 Å². The van der Waals surface area contributed by atoms with Gasteiger partial charge in [0.25, 0.3) is 5.56 Å². The van der Waals surface area contributed by atoms with Crippen LogP contribution in [-0.2, 0) is 16.0 Å². The minimum atomic E-state index is -0.968. The number of H-pyrrole nitrogens is 1. The molecule has 3 atom stereocenters. The molecule has 2 aromatic heterocycles. The summed E-state index contributed by atoms with van der Waals surface area (Å²) in [5.74, 6) is -0.619. The highest BCUT2D eigenvalue weighted by Crippen LogP contribution is 2.40. The van der Waals surface area contributed by atoms with Crippen LogP contribution in [0.2, 0.25) is 0 Å².